The van der Waals surface area contributed by atoms with E-state index in [1.807, 2.05) is 0 Å². The molecule has 5 nitrogen and oxygen atoms in total. The number of thiocarbonyl (C=S) groups is 1. The number of rotatable bonds is 3. The molecule has 3 rings (SSSR count). The van der Waals surface area contributed by atoms with Crippen molar-refractivity contribution in [2.75, 3.05) is 6.54 Å². The Labute approximate surface area is 143 Å². The van der Waals surface area contributed by atoms with Crippen molar-refractivity contribution in [1.82, 2.24) is 14.8 Å². The zero-order valence-electron chi connectivity index (χ0n) is 12.8. The largest absolute Gasteiger partial charge is 0.317 e. The fourth-order valence-corrected chi connectivity index (χ4v) is 2.78. The van der Waals surface area contributed by atoms with Crippen LogP contribution in [0.4, 0.5) is 4.39 Å². The van der Waals surface area contributed by atoms with Crippen molar-refractivity contribution in [2.45, 2.75) is 6.92 Å². The van der Waals surface area contributed by atoms with Gasteiger partial charge in [-0.05, 0) is 61.6 Å². The molecule has 1 aromatic carbocycles. The summed E-state index contributed by atoms with van der Waals surface area (Å²) < 4.78 is 14.8. The lowest BCUT2D eigenvalue weighted by atomic mass is 10.1. The number of halogens is 1. The molecule has 2 aromatic rings. The van der Waals surface area contributed by atoms with Crippen LogP contribution >= 0.6 is 12.2 Å². The number of carbonyl (C=O) groups excluding carboxylic acids is 2. The summed E-state index contributed by atoms with van der Waals surface area (Å²) in [7, 11) is 0. The van der Waals surface area contributed by atoms with Crippen LogP contribution in [0.5, 0.6) is 0 Å². The summed E-state index contributed by atoms with van der Waals surface area (Å²) in [5, 5.41) is 2.62. The van der Waals surface area contributed by atoms with Gasteiger partial charge in [-0.25, -0.2) is 4.39 Å². The van der Waals surface area contributed by atoms with Crippen LogP contribution in [0, 0.1) is 5.82 Å². The van der Waals surface area contributed by atoms with E-state index in [4.69, 9.17) is 12.2 Å². The van der Waals surface area contributed by atoms with Crippen LogP contribution < -0.4 is 5.32 Å². The molecule has 1 aromatic heterocycles. The molecule has 1 fully saturated rings. The summed E-state index contributed by atoms with van der Waals surface area (Å²) >= 11 is 5.00. The highest BCUT2D eigenvalue weighted by atomic mass is 32.1. The standard InChI is InChI=1S/C17H14FN3O2S/c1-2-20-16(23)14(15(22)19-17(20)24)10-13-4-3-9-21(13)12-7-5-11(18)6-8-12/h3-10H,2H2,1H3,(H,19,22,24)/b14-10+. The molecular formula is C17H14FN3O2S. The number of nitrogens with one attached hydrogen (secondary N) is 1. The summed E-state index contributed by atoms with van der Waals surface area (Å²) in [4.78, 5) is 25.9. The lowest BCUT2D eigenvalue weighted by Gasteiger charge is -2.27. The van der Waals surface area contributed by atoms with Gasteiger partial charge in [0.05, 0.1) is 0 Å². The van der Waals surface area contributed by atoms with Crippen LogP contribution in [-0.2, 0) is 9.59 Å². The third kappa shape index (κ3) is 2.85. The lowest BCUT2D eigenvalue weighted by molar-refractivity contribution is -0.128. The molecule has 122 valence electrons. The molecule has 1 N–H and O–H groups in total. The predicted molar refractivity (Wildman–Crippen MR) is 91.8 cm³/mol. The van der Waals surface area contributed by atoms with E-state index in [0.717, 1.165) is 5.69 Å². The lowest BCUT2D eigenvalue weighted by Crippen LogP contribution is -2.53. The highest BCUT2D eigenvalue weighted by Crippen LogP contribution is 2.18. The number of benzene rings is 1. The molecule has 1 aliphatic heterocycles. The third-order valence-corrected chi connectivity index (χ3v) is 4.00. The van der Waals surface area contributed by atoms with Crippen molar-refractivity contribution >= 4 is 35.2 Å². The SMILES string of the molecule is CCN1C(=O)/C(=C/c2cccn2-c2ccc(F)cc2)C(=O)NC1=S. The van der Waals surface area contributed by atoms with E-state index >= 15 is 0 Å². The zero-order valence-corrected chi connectivity index (χ0v) is 13.6. The third-order valence-electron chi connectivity index (χ3n) is 3.68. The van der Waals surface area contributed by atoms with Crippen LogP contribution in [0.2, 0.25) is 0 Å². The molecule has 0 bridgehead atoms. The molecule has 0 unspecified atom stereocenters. The van der Waals surface area contributed by atoms with E-state index < -0.39 is 11.8 Å². The van der Waals surface area contributed by atoms with E-state index in [2.05, 4.69) is 5.32 Å². The van der Waals surface area contributed by atoms with Crippen molar-refractivity contribution < 1.29 is 14.0 Å². The second-order valence-electron chi connectivity index (χ2n) is 5.15. The van der Waals surface area contributed by atoms with Gasteiger partial charge in [-0.15, -0.1) is 0 Å². The van der Waals surface area contributed by atoms with Crippen molar-refractivity contribution in [3.63, 3.8) is 0 Å². The van der Waals surface area contributed by atoms with Crippen LogP contribution in [0.25, 0.3) is 11.8 Å². The van der Waals surface area contributed by atoms with E-state index in [1.54, 1.807) is 42.0 Å². The molecule has 0 saturated carbocycles. The Morgan fingerprint density at radius 3 is 2.58 bits per heavy atom. The van der Waals surface area contributed by atoms with Crippen molar-refractivity contribution in [3.8, 4) is 5.69 Å². The van der Waals surface area contributed by atoms with Crippen molar-refractivity contribution in [1.29, 1.82) is 0 Å². The van der Waals surface area contributed by atoms with Crippen LogP contribution in [0.3, 0.4) is 0 Å². The van der Waals surface area contributed by atoms with Gasteiger partial charge in [0, 0.05) is 24.1 Å². The average molecular weight is 343 g/mol. The maximum absolute atomic E-state index is 13.1. The van der Waals surface area contributed by atoms with E-state index in [9.17, 15) is 14.0 Å². The van der Waals surface area contributed by atoms with Gasteiger partial charge in [-0.3, -0.25) is 19.8 Å². The number of hydrogen-bond acceptors (Lipinski definition) is 3. The average Bonchev–Trinajstić information content (AvgIpc) is 3.00. The maximum Gasteiger partial charge on any atom is 0.265 e. The highest BCUT2D eigenvalue weighted by Gasteiger charge is 2.32. The second kappa shape index (κ2) is 6.37. The molecule has 1 aliphatic rings. The molecule has 0 atom stereocenters. The molecule has 2 heterocycles. The molecule has 2 amide bonds. The summed E-state index contributed by atoms with van der Waals surface area (Å²) in [6.07, 6.45) is 3.28. The first-order valence-corrected chi connectivity index (χ1v) is 7.74. The van der Waals surface area contributed by atoms with E-state index in [1.165, 1.54) is 23.1 Å². The van der Waals surface area contributed by atoms with Gasteiger partial charge in [0.2, 0.25) is 0 Å². The zero-order chi connectivity index (χ0) is 17.3. The molecule has 24 heavy (non-hydrogen) atoms. The van der Waals surface area contributed by atoms with Gasteiger partial charge in [0.25, 0.3) is 11.8 Å². The highest BCUT2D eigenvalue weighted by molar-refractivity contribution is 7.80. The van der Waals surface area contributed by atoms with E-state index in [-0.39, 0.29) is 16.5 Å². The molecule has 1 saturated heterocycles. The maximum atomic E-state index is 13.1. The topological polar surface area (TPSA) is 54.3 Å². The van der Waals surface area contributed by atoms with Gasteiger partial charge < -0.3 is 4.57 Å². The Bertz CT molecular complexity index is 855. The van der Waals surface area contributed by atoms with Gasteiger partial charge >= 0.3 is 0 Å². The number of carbonyl (C=O) groups is 2. The number of aromatic nitrogens is 1. The minimum Gasteiger partial charge on any atom is -0.317 e. The van der Waals surface area contributed by atoms with Crippen LogP contribution in [-0.4, -0.2) is 32.9 Å². The van der Waals surface area contributed by atoms with Gasteiger partial charge in [-0.2, -0.15) is 0 Å². The molecule has 0 spiro atoms. The Balaban J connectivity index is 2.01. The smallest absolute Gasteiger partial charge is 0.265 e. The summed E-state index contributed by atoms with van der Waals surface area (Å²) in [5.41, 5.74) is 1.36. The summed E-state index contributed by atoms with van der Waals surface area (Å²) in [6, 6.07) is 9.48. The minimum absolute atomic E-state index is 0.00696. The minimum atomic E-state index is -0.526. The monoisotopic (exact) mass is 343 g/mol. The Morgan fingerprint density at radius 1 is 1.21 bits per heavy atom. The number of likely N-dealkylation sites (N-methyl/N-ethyl adjacent to an activating group) is 1. The van der Waals surface area contributed by atoms with Gasteiger partial charge in [0.15, 0.2) is 5.11 Å². The van der Waals surface area contributed by atoms with Gasteiger partial charge in [-0.1, -0.05) is 0 Å². The first kappa shape index (κ1) is 16.1. The van der Waals surface area contributed by atoms with Crippen LogP contribution in [0.15, 0.2) is 48.2 Å². The fraction of sp³-hybridized carbons (Fsp3) is 0.118. The molecular weight excluding hydrogens is 329 g/mol. The number of nitrogens with zero attached hydrogens (tertiary/aromatic N) is 2. The molecule has 0 radical (unpaired) electrons. The number of hydrogen-bond donors (Lipinski definition) is 1. The van der Waals surface area contributed by atoms with Gasteiger partial charge in [0.1, 0.15) is 11.4 Å². The number of amides is 2. The Kier molecular flexibility index (Phi) is 4.26. The quantitative estimate of drug-likeness (QED) is 0.528. The van der Waals surface area contributed by atoms with Crippen molar-refractivity contribution in [2.24, 2.45) is 0 Å². The molecule has 7 heteroatoms. The summed E-state index contributed by atoms with van der Waals surface area (Å²) in [6.45, 7) is 2.15. The molecule has 0 aliphatic carbocycles. The normalized spacial score (nSPS) is 16.7. The Hall–Kier alpha value is -2.80. The van der Waals surface area contributed by atoms with Crippen LogP contribution in [0.1, 0.15) is 12.6 Å². The summed E-state index contributed by atoms with van der Waals surface area (Å²) in [5.74, 6) is -1.29. The van der Waals surface area contributed by atoms with Crippen molar-refractivity contribution in [3.05, 3.63) is 59.7 Å². The first-order chi connectivity index (χ1) is 11.5. The fourth-order valence-electron chi connectivity index (χ4n) is 2.48. The second-order valence-corrected chi connectivity index (χ2v) is 5.53. The Morgan fingerprint density at radius 2 is 1.92 bits per heavy atom. The first-order valence-electron chi connectivity index (χ1n) is 7.33. The predicted octanol–water partition coefficient (Wildman–Crippen LogP) is 2.26. The van der Waals surface area contributed by atoms with E-state index in [0.29, 0.717) is 12.2 Å².